The van der Waals surface area contributed by atoms with Crippen molar-refractivity contribution < 1.29 is 24.5 Å². The summed E-state index contributed by atoms with van der Waals surface area (Å²) in [6.45, 7) is 5.79. The lowest BCUT2D eigenvalue weighted by Crippen LogP contribution is -2.07. The van der Waals surface area contributed by atoms with E-state index in [1.54, 1.807) is 12.1 Å². The summed E-state index contributed by atoms with van der Waals surface area (Å²) in [6, 6.07) is 3.31. The Bertz CT molecular complexity index is 551. The van der Waals surface area contributed by atoms with Crippen molar-refractivity contribution in [3.8, 4) is 11.5 Å². The molecule has 5 nitrogen and oxygen atoms in total. The van der Waals surface area contributed by atoms with Gasteiger partial charge < -0.3 is 14.9 Å². The van der Waals surface area contributed by atoms with Crippen molar-refractivity contribution in [3.05, 3.63) is 23.3 Å². The molecule has 23 heavy (non-hydrogen) atoms. The average Bonchev–Trinajstić information content (AvgIpc) is 2.45. The molecule has 5 heteroatoms. The summed E-state index contributed by atoms with van der Waals surface area (Å²) in [5.41, 5.74) is 0.981. The van der Waals surface area contributed by atoms with Crippen molar-refractivity contribution in [2.45, 2.75) is 52.9 Å². The van der Waals surface area contributed by atoms with Gasteiger partial charge in [-0.05, 0) is 44.2 Å². The van der Waals surface area contributed by atoms with Crippen molar-refractivity contribution in [2.24, 2.45) is 5.92 Å². The number of aliphatic carboxylic acids is 1. The zero-order valence-electron chi connectivity index (χ0n) is 14.1. The molecule has 1 aromatic carbocycles. The molecular weight excluding hydrogens is 296 g/mol. The van der Waals surface area contributed by atoms with Crippen LogP contribution in [0.2, 0.25) is 0 Å². The Balaban J connectivity index is 2.67. The Morgan fingerprint density at radius 1 is 1.30 bits per heavy atom. The molecule has 0 fully saturated rings. The molecule has 0 aliphatic rings. The topological polar surface area (TPSA) is 83.8 Å². The Morgan fingerprint density at radius 2 is 2.00 bits per heavy atom. The van der Waals surface area contributed by atoms with E-state index in [1.807, 2.05) is 13.8 Å². The number of phenols is 1. The number of ketones is 1. The molecule has 0 saturated heterocycles. The molecule has 2 N–H and O–H groups in total. The van der Waals surface area contributed by atoms with Gasteiger partial charge in [0.15, 0.2) is 5.78 Å². The van der Waals surface area contributed by atoms with Crippen LogP contribution in [0.1, 0.15) is 62.4 Å². The van der Waals surface area contributed by atoms with E-state index in [-0.39, 0.29) is 23.9 Å². The molecule has 0 saturated carbocycles. The number of ether oxygens (including phenoxy) is 1. The van der Waals surface area contributed by atoms with Crippen LogP contribution in [0.4, 0.5) is 0 Å². The first-order valence-electron chi connectivity index (χ1n) is 8.07. The first-order valence-corrected chi connectivity index (χ1v) is 8.07. The maximum Gasteiger partial charge on any atom is 0.303 e. The molecule has 1 aromatic rings. The second kappa shape index (κ2) is 9.18. The lowest BCUT2D eigenvalue weighted by atomic mass is 10.0. The highest BCUT2D eigenvalue weighted by Gasteiger charge is 2.16. The molecule has 0 amide bonds. The Kier molecular flexibility index (Phi) is 7.59. The van der Waals surface area contributed by atoms with Gasteiger partial charge in [-0.3, -0.25) is 9.59 Å². The van der Waals surface area contributed by atoms with Crippen LogP contribution in [0.25, 0.3) is 0 Å². The number of hydrogen-bond donors (Lipinski definition) is 2. The fraction of sp³-hybridized carbons (Fsp3) is 0.556. The molecule has 0 aromatic heterocycles. The zero-order chi connectivity index (χ0) is 17.4. The second-order valence-electron chi connectivity index (χ2n) is 5.94. The monoisotopic (exact) mass is 322 g/mol. The summed E-state index contributed by atoms with van der Waals surface area (Å²) in [7, 11) is 0. The van der Waals surface area contributed by atoms with Crippen LogP contribution in [0.3, 0.4) is 0 Å². The van der Waals surface area contributed by atoms with Crippen LogP contribution in [0.5, 0.6) is 11.5 Å². The third kappa shape index (κ3) is 5.93. The van der Waals surface area contributed by atoms with Crippen molar-refractivity contribution in [3.63, 3.8) is 0 Å². The minimum absolute atomic E-state index is 0.0103. The summed E-state index contributed by atoms with van der Waals surface area (Å²) >= 11 is 0. The molecule has 0 aliphatic carbocycles. The first-order chi connectivity index (χ1) is 10.9. The fourth-order valence-corrected chi connectivity index (χ4v) is 2.54. The standard InChI is InChI=1S/C18H26O5/c1-4-6-15-16(9-8-14(13(3)19)18(15)22)23-10-5-7-12(2)11-17(20)21/h8-9,12,22H,4-7,10-11H2,1-3H3,(H,20,21). The average molecular weight is 322 g/mol. The highest BCUT2D eigenvalue weighted by molar-refractivity contribution is 5.97. The quantitative estimate of drug-likeness (QED) is 0.505. The van der Waals surface area contributed by atoms with Gasteiger partial charge >= 0.3 is 5.97 Å². The van der Waals surface area contributed by atoms with E-state index in [9.17, 15) is 14.7 Å². The van der Waals surface area contributed by atoms with Gasteiger partial charge in [-0.2, -0.15) is 0 Å². The Labute approximate surface area is 137 Å². The first kappa shape index (κ1) is 19.0. The number of carbonyl (C=O) groups excluding carboxylic acids is 1. The normalized spacial score (nSPS) is 12.0. The van der Waals surface area contributed by atoms with E-state index in [0.717, 1.165) is 19.3 Å². The predicted molar refractivity (Wildman–Crippen MR) is 88.3 cm³/mol. The maximum atomic E-state index is 11.5. The fourth-order valence-electron chi connectivity index (χ4n) is 2.54. The lowest BCUT2D eigenvalue weighted by molar-refractivity contribution is -0.138. The highest BCUT2D eigenvalue weighted by Crippen LogP contribution is 2.33. The van der Waals surface area contributed by atoms with Gasteiger partial charge in [0, 0.05) is 12.0 Å². The molecule has 1 atom stereocenters. The number of carbonyl (C=O) groups is 2. The van der Waals surface area contributed by atoms with E-state index in [4.69, 9.17) is 9.84 Å². The van der Waals surface area contributed by atoms with Gasteiger partial charge in [-0.25, -0.2) is 0 Å². The highest BCUT2D eigenvalue weighted by atomic mass is 16.5. The largest absolute Gasteiger partial charge is 0.507 e. The molecule has 0 heterocycles. The summed E-state index contributed by atoms with van der Waals surface area (Å²) in [5, 5.41) is 19.0. The van der Waals surface area contributed by atoms with Crippen molar-refractivity contribution in [1.29, 1.82) is 0 Å². The number of aromatic hydroxyl groups is 1. The van der Waals surface area contributed by atoms with Crippen LogP contribution < -0.4 is 4.74 Å². The van der Waals surface area contributed by atoms with Crippen LogP contribution in [0, 0.1) is 5.92 Å². The molecule has 0 spiro atoms. The number of hydrogen-bond acceptors (Lipinski definition) is 4. The van der Waals surface area contributed by atoms with Gasteiger partial charge in [0.05, 0.1) is 12.2 Å². The van der Waals surface area contributed by atoms with Gasteiger partial charge in [0.1, 0.15) is 11.5 Å². The number of carboxylic acids is 1. The molecular formula is C18H26O5. The van der Waals surface area contributed by atoms with Gasteiger partial charge in [-0.1, -0.05) is 20.3 Å². The van der Waals surface area contributed by atoms with E-state index < -0.39 is 5.97 Å². The molecule has 1 unspecified atom stereocenters. The van der Waals surface area contributed by atoms with Crippen molar-refractivity contribution in [2.75, 3.05) is 6.61 Å². The van der Waals surface area contributed by atoms with E-state index in [0.29, 0.717) is 29.9 Å². The summed E-state index contributed by atoms with van der Waals surface area (Å²) in [5.74, 6) is -0.238. The molecule has 128 valence electrons. The minimum atomic E-state index is -0.784. The smallest absolute Gasteiger partial charge is 0.303 e. The van der Waals surface area contributed by atoms with Gasteiger partial charge in [0.25, 0.3) is 0 Å². The second-order valence-corrected chi connectivity index (χ2v) is 5.94. The number of carboxylic acid groups (broad SMARTS) is 1. The summed E-state index contributed by atoms with van der Waals surface area (Å²) in [6.07, 6.45) is 3.15. The Hall–Kier alpha value is -2.04. The van der Waals surface area contributed by atoms with Crippen molar-refractivity contribution >= 4 is 11.8 Å². The lowest BCUT2D eigenvalue weighted by Gasteiger charge is -2.15. The number of rotatable bonds is 10. The minimum Gasteiger partial charge on any atom is -0.507 e. The molecule has 0 radical (unpaired) electrons. The van der Waals surface area contributed by atoms with Crippen LogP contribution >= 0.6 is 0 Å². The third-order valence-electron chi connectivity index (χ3n) is 3.74. The molecule has 0 bridgehead atoms. The van der Waals surface area contributed by atoms with Crippen molar-refractivity contribution in [1.82, 2.24) is 0 Å². The number of benzene rings is 1. The third-order valence-corrected chi connectivity index (χ3v) is 3.74. The maximum absolute atomic E-state index is 11.5. The number of Topliss-reactive ketones (excluding diaryl/α,β-unsaturated/α-hetero) is 1. The SMILES string of the molecule is CCCc1c(OCCCC(C)CC(=O)O)ccc(C(C)=O)c1O. The van der Waals surface area contributed by atoms with Gasteiger partial charge in [-0.15, -0.1) is 0 Å². The molecule has 0 aliphatic heterocycles. The Morgan fingerprint density at radius 3 is 2.57 bits per heavy atom. The summed E-state index contributed by atoms with van der Waals surface area (Å²) in [4.78, 5) is 22.1. The van der Waals surface area contributed by atoms with Crippen LogP contribution in [-0.2, 0) is 11.2 Å². The molecule has 1 rings (SSSR count). The number of phenolic OH excluding ortho intramolecular Hbond substituents is 1. The van der Waals surface area contributed by atoms with E-state index in [1.165, 1.54) is 6.92 Å². The van der Waals surface area contributed by atoms with E-state index in [2.05, 4.69) is 0 Å². The zero-order valence-corrected chi connectivity index (χ0v) is 14.1. The summed E-state index contributed by atoms with van der Waals surface area (Å²) < 4.78 is 5.74. The van der Waals surface area contributed by atoms with Crippen LogP contribution in [0.15, 0.2) is 12.1 Å². The van der Waals surface area contributed by atoms with E-state index >= 15 is 0 Å². The van der Waals surface area contributed by atoms with Gasteiger partial charge in [0.2, 0.25) is 0 Å². The van der Waals surface area contributed by atoms with Crippen LogP contribution in [-0.4, -0.2) is 28.6 Å². The predicted octanol–water partition coefficient (Wildman–Crippen LogP) is 3.82.